The van der Waals surface area contributed by atoms with Gasteiger partial charge in [-0.25, -0.2) is 0 Å². The molecule has 0 spiro atoms. The number of nitrogens with one attached hydrogen (secondary N) is 1. The Kier molecular flexibility index (Phi) is 5.37. The zero-order valence-corrected chi connectivity index (χ0v) is 12.4. The van der Waals surface area contributed by atoms with E-state index < -0.39 is 5.60 Å². The van der Waals surface area contributed by atoms with Crippen molar-refractivity contribution in [1.29, 1.82) is 0 Å². The van der Waals surface area contributed by atoms with Crippen LogP contribution in [-0.4, -0.2) is 73.1 Å². The first-order valence-corrected chi connectivity index (χ1v) is 7.39. The van der Waals surface area contributed by atoms with Crippen molar-refractivity contribution in [3.05, 3.63) is 0 Å². The van der Waals surface area contributed by atoms with E-state index in [1.807, 2.05) is 13.8 Å². The Morgan fingerprint density at radius 2 is 2.15 bits per heavy atom. The van der Waals surface area contributed by atoms with E-state index in [-0.39, 0.29) is 31.3 Å². The first kappa shape index (κ1) is 15.7. The second kappa shape index (κ2) is 6.85. The summed E-state index contributed by atoms with van der Waals surface area (Å²) in [6.07, 6.45) is 1.80. The van der Waals surface area contributed by atoms with Gasteiger partial charge in [0.25, 0.3) is 0 Å². The lowest BCUT2D eigenvalue weighted by Crippen LogP contribution is -2.56. The molecule has 2 rings (SSSR count). The van der Waals surface area contributed by atoms with Crippen molar-refractivity contribution in [3.8, 4) is 0 Å². The molecule has 0 aliphatic carbocycles. The number of hydrogen-bond acceptors (Lipinski definition) is 5. The normalized spacial score (nSPS) is 27.6. The maximum Gasteiger partial charge on any atom is 0.248 e. The van der Waals surface area contributed by atoms with Crippen LogP contribution in [0, 0.1) is 0 Å². The molecule has 1 unspecified atom stereocenters. The predicted octanol–water partition coefficient (Wildman–Crippen LogP) is -0.247. The molecule has 0 aromatic carbocycles. The summed E-state index contributed by atoms with van der Waals surface area (Å²) >= 11 is 0. The van der Waals surface area contributed by atoms with Gasteiger partial charge in [0.05, 0.1) is 24.4 Å². The molecule has 0 aromatic heterocycles. The summed E-state index contributed by atoms with van der Waals surface area (Å²) in [6.45, 7) is 6.81. The number of carbonyl (C=O) groups is 1. The Hall–Kier alpha value is -0.690. The van der Waals surface area contributed by atoms with E-state index in [9.17, 15) is 9.90 Å². The molecule has 6 nitrogen and oxygen atoms in total. The third-order valence-electron chi connectivity index (χ3n) is 3.77. The standard InChI is InChI=1S/C14H26N2O4/c1-14(2)10-16(7-12(8-17)20-14)13(18)9-19-11-3-5-15-6-4-11/h11-12,15,17H,3-10H2,1-2H3. The fraction of sp³-hybridized carbons (Fsp3) is 0.929. The van der Waals surface area contributed by atoms with Crippen LogP contribution in [0.5, 0.6) is 0 Å². The Balaban J connectivity index is 1.81. The summed E-state index contributed by atoms with van der Waals surface area (Å²) in [7, 11) is 0. The Bertz CT molecular complexity index is 329. The fourth-order valence-corrected chi connectivity index (χ4v) is 2.82. The summed E-state index contributed by atoms with van der Waals surface area (Å²) in [6, 6.07) is 0. The van der Waals surface area contributed by atoms with E-state index in [0.717, 1.165) is 25.9 Å². The van der Waals surface area contributed by atoms with Crippen molar-refractivity contribution in [3.63, 3.8) is 0 Å². The van der Waals surface area contributed by atoms with E-state index in [0.29, 0.717) is 13.1 Å². The number of piperidine rings is 1. The predicted molar refractivity (Wildman–Crippen MR) is 74.5 cm³/mol. The highest BCUT2D eigenvalue weighted by molar-refractivity contribution is 5.77. The van der Waals surface area contributed by atoms with Crippen LogP contribution in [0.25, 0.3) is 0 Å². The van der Waals surface area contributed by atoms with Gasteiger partial charge in [-0.1, -0.05) is 0 Å². The van der Waals surface area contributed by atoms with Gasteiger partial charge in [-0.2, -0.15) is 0 Å². The van der Waals surface area contributed by atoms with Crippen LogP contribution in [0.2, 0.25) is 0 Å². The largest absolute Gasteiger partial charge is 0.394 e. The molecule has 20 heavy (non-hydrogen) atoms. The van der Waals surface area contributed by atoms with Crippen molar-refractivity contribution < 1.29 is 19.4 Å². The summed E-state index contributed by atoms with van der Waals surface area (Å²) < 4.78 is 11.4. The number of amides is 1. The summed E-state index contributed by atoms with van der Waals surface area (Å²) in [5.74, 6) is -0.0154. The van der Waals surface area contributed by atoms with E-state index >= 15 is 0 Å². The number of morpholine rings is 1. The maximum atomic E-state index is 12.2. The Morgan fingerprint density at radius 1 is 1.45 bits per heavy atom. The number of aliphatic hydroxyl groups is 1. The Morgan fingerprint density at radius 3 is 2.80 bits per heavy atom. The van der Waals surface area contributed by atoms with Gasteiger partial charge in [-0.05, 0) is 39.8 Å². The molecule has 2 N–H and O–H groups in total. The van der Waals surface area contributed by atoms with Crippen LogP contribution < -0.4 is 5.32 Å². The molecule has 0 radical (unpaired) electrons. The van der Waals surface area contributed by atoms with E-state index in [1.54, 1.807) is 4.90 Å². The number of nitrogens with zero attached hydrogens (tertiary/aromatic N) is 1. The van der Waals surface area contributed by atoms with Gasteiger partial charge in [0.15, 0.2) is 0 Å². The SMILES string of the molecule is CC1(C)CN(C(=O)COC2CCNCC2)CC(CO)O1. The minimum atomic E-state index is -0.421. The van der Waals surface area contributed by atoms with Crippen LogP contribution in [0.4, 0.5) is 0 Å². The van der Waals surface area contributed by atoms with Crippen LogP contribution in [0.15, 0.2) is 0 Å². The topological polar surface area (TPSA) is 71.0 Å². The molecule has 0 saturated carbocycles. The smallest absolute Gasteiger partial charge is 0.248 e. The zero-order chi connectivity index (χ0) is 14.6. The molecule has 2 heterocycles. The molecule has 116 valence electrons. The zero-order valence-electron chi connectivity index (χ0n) is 12.4. The molecule has 2 aliphatic rings. The molecule has 6 heteroatoms. The molecular formula is C14H26N2O4. The lowest BCUT2D eigenvalue weighted by molar-refractivity contribution is -0.171. The molecule has 2 saturated heterocycles. The molecule has 0 bridgehead atoms. The van der Waals surface area contributed by atoms with E-state index in [2.05, 4.69) is 5.32 Å². The third-order valence-corrected chi connectivity index (χ3v) is 3.77. The van der Waals surface area contributed by atoms with E-state index in [4.69, 9.17) is 9.47 Å². The highest BCUT2D eigenvalue weighted by Gasteiger charge is 2.35. The summed E-state index contributed by atoms with van der Waals surface area (Å²) in [4.78, 5) is 14.0. The fourth-order valence-electron chi connectivity index (χ4n) is 2.82. The molecule has 1 atom stereocenters. The van der Waals surface area contributed by atoms with Crippen LogP contribution in [0.3, 0.4) is 0 Å². The number of carbonyl (C=O) groups excluding carboxylic acids is 1. The van der Waals surface area contributed by atoms with Crippen molar-refractivity contribution in [2.24, 2.45) is 0 Å². The summed E-state index contributed by atoms with van der Waals surface area (Å²) in [5.41, 5.74) is -0.421. The monoisotopic (exact) mass is 286 g/mol. The van der Waals surface area contributed by atoms with Gasteiger partial charge in [-0.3, -0.25) is 4.79 Å². The average molecular weight is 286 g/mol. The lowest BCUT2D eigenvalue weighted by Gasteiger charge is -2.42. The average Bonchev–Trinajstić information content (AvgIpc) is 2.44. The van der Waals surface area contributed by atoms with Gasteiger partial charge in [0, 0.05) is 13.1 Å². The van der Waals surface area contributed by atoms with Crippen LogP contribution in [0.1, 0.15) is 26.7 Å². The quantitative estimate of drug-likeness (QED) is 0.746. The summed E-state index contributed by atoms with van der Waals surface area (Å²) in [5, 5.41) is 12.5. The maximum absolute atomic E-state index is 12.2. The van der Waals surface area contributed by atoms with Crippen molar-refractivity contribution >= 4 is 5.91 Å². The molecule has 0 aromatic rings. The number of hydrogen-bond donors (Lipinski definition) is 2. The second-order valence-electron chi connectivity index (χ2n) is 6.22. The van der Waals surface area contributed by atoms with Crippen molar-refractivity contribution in [2.75, 3.05) is 39.4 Å². The van der Waals surface area contributed by atoms with Crippen molar-refractivity contribution in [2.45, 2.75) is 44.5 Å². The van der Waals surface area contributed by atoms with Gasteiger partial charge < -0.3 is 24.8 Å². The minimum absolute atomic E-state index is 0.0154. The number of rotatable bonds is 4. The highest BCUT2D eigenvalue weighted by Crippen LogP contribution is 2.21. The van der Waals surface area contributed by atoms with Crippen molar-refractivity contribution in [1.82, 2.24) is 10.2 Å². The third kappa shape index (κ3) is 4.41. The van der Waals surface area contributed by atoms with Gasteiger partial charge >= 0.3 is 0 Å². The Labute approximate surface area is 120 Å². The highest BCUT2D eigenvalue weighted by atomic mass is 16.5. The number of aliphatic hydroxyl groups excluding tert-OH is 1. The van der Waals surface area contributed by atoms with E-state index in [1.165, 1.54) is 0 Å². The lowest BCUT2D eigenvalue weighted by atomic mass is 10.1. The second-order valence-corrected chi connectivity index (χ2v) is 6.22. The minimum Gasteiger partial charge on any atom is -0.394 e. The van der Waals surface area contributed by atoms with Crippen LogP contribution in [-0.2, 0) is 14.3 Å². The molecule has 2 fully saturated rings. The van der Waals surface area contributed by atoms with Crippen LogP contribution >= 0.6 is 0 Å². The number of ether oxygens (including phenoxy) is 2. The van der Waals surface area contributed by atoms with Gasteiger partial charge in [0.1, 0.15) is 6.61 Å². The first-order chi connectivity index (χ1) is 9.50. The molecular weight excluding hydrogens is 260 g/mol. The van der Waals surface area contributed by atoms with Gasteiger partial charge in [0.2, 0.25) is 5.91 Å². The van der Waals surface area contributed by atoms with Gasteiger partial charge in [-0.15, -0.1) is 0 Å². The first-order valence-electron chi connectivity index (χ1n) is 7.39. The molecule has 2 aliphatic heterocycles. The molecule has 1 amide bonds.